The molecular formula is C8H8BFO4. The van der Waals surface area contributed by atoms with Crippen LogP contribution < -0.4 is 5.46 Å². The third-order valence-electron chi connectivity index (χ3n) is 1.61. The summed E-state index contributed by atoms with van der Waals surface area (Å²) in [5.74, 6) is -0.838. The van der Waals surface area contributed by atoms with Gasteiger partial charge < -0.3 is 14.8 Å². The summed E-state index contributed by atoms with van der Waals surface area (Å²) < 4.78 is 15.7. The Hall–Kier alpha value is -1.40. The topological polar surface area (TPSA) is 66.8 Å². The second-order valence-electron chi connectivity index (χ2n) is 2.54. The standard InChI is InChI=1S/C8H8BFO4/c10-5-14-8(11)6-2-1-3-7(4-6)9(12)13/h1-4,12-13H,5H2. The molecular weight excluding hydrogens is 190 g/mol. The zero-order valence-electron chi connectivity index (χ0n) is 7.18. The molecule has 0 aromatic heterocycles. The minimum Gasteiger partial charge on any atom is -0.430 e. The van der Waals surface area contributed by atoms with E-state index in [0.29, 0.717) is 0 Å². The molecule has 2 N–H and O–H groups in total. The average Bonchev–Trinajstić information content (AvgIpc) is 2.18. The summed E-state index contributed by atoms with van der Waals surface area (Å²) in [7, 11) is -1.66. The molecule has 0 radical (unpaired) electrons. The molecule has 1 rings (SSSR count). The summed E-state index contributed by atoms with van der Waals surface area (Å²) in [6.07, 6.45) is 0. The van der Waals surface area contributed by atoms with Gasteiger partial charge in [0.1, 0.15) is 0 Å². The van der Waals surface area contributed by atoms with Gasteiger partial charge in [0, 0.05) is 0 Å². The highest BCUT2D eigenvalue weighted by molar-refractivity contribution is 6.58. The fourth-order valence-electron chi connectivity index (χ4n) is 0.959. The van der Waals surface area contributed by atoms with Crippen LogP contribution in [-0.2, 0) is 4.74 Å². The molecule has 0 saturated heterocycles. The van der Waals surface area contributed by atoms with Gasteiger partial charge in [-0.25, -0.2) is 9.18 Å². The van der Waals surface area contributed by atoms with Gasteiger partial charge in [-0.15, -0.1) is 0 Å². The zero-order chi connectivity index (χ0) is 10.6. The molecule has 0 spiro atoms. The van der Waals surface area contributed by atoms with E-state index in [9.17, 15) is 9.18 Å². The average molecular weight is 198 g/mol. The minimum absolute atomic E-state index is 0.0771. The summed E-state index contributed by atoms with van der Waals surface area (Å²) >= 11 is 0. The van der Waals surface area contributed by atoms with E-state index in [1.54, 1.807) is 0 Å². The summed E-state index contributed by atoms with van der Waals surface area (Å²) in [5, 5.41) is 17.6. The van der Waals surface area contributed by atoms with Crippen molar-refractivity contribution in [3.8, 4) is 0 Å². The number of carbonyl (C=O) groups excluding carboxylic acids is 1. The lowest BCUT2D eigenvalue weighted by Gasteiger charge is -2.02. The molecule has 4 nitrogen and oxygen atoms in total. The summed E-state index contributed by atoms with van der Waals surface area (Å²) in [4.78, 5) is 11.0. The Labute approximate surface area is 80.1 Å². The molecule has 74 valence electrons. The van der Waals surface area contributed by atoms with Crippen LogP contribution in [0, 0.1) is 0 Å². The van der Waals surface area contributed by atoms with Gasteiger partial charge in [-0.3, -0.25) is 0 Å². The highest BCUT2D eigenvalue weighted by atomic mass is 19.1. The van der Waals surface area contributed by atoms with Gasteiger partial charge in [0.2, 0.25) is 6.86 Å². The summed E-state index contributed by atoms with van der Waals surface area (Å²) in [6, 6.07) is 5.49. The molecule has 0 fully saturated rings. The van der Waals surface area contributed by atoms with Crippen molar-refractivity contribution in [1.82, 2.24) is 0 Å². The maximum atomic E-state index is 11.6. The van der Waals surface area contributed by atoms with Crippen LogP contribution in [0.1, 0.15) is 10.4 Å². The first kappa shape index (κ1) is 10.7. The highest BCUT2D eigenvalue weighted by Gasteiger charge is 2.14. The molecule has 1 aromatic carbocycles. The van der Waals surface area contributed by atoms with Crippen LogP contribution in [0.25, 0.3) is 0 Å². The molecule has 0 atom stereocenters. The first-order valence-electron chi connectivity index (χ1n) is 3.84. The fourth-order valence-corrected chi connectivity index (χ4v) is 0.959. The third kappa shape index (κ3) is 2.55. The smallest absolute Gasteiger partial charge is 0.430 e. The number of carbonyl (C=O) groups is 1. The molecule has 14 heavy (non-hydrogen) atoms. The molecule has 0 heterocycles. The van der Waals surface area contributed by atoms with Gasteiger partial charge in [0.15, 0.2) is 0 Å². The lowest BCUT2D eigenvalue weighted by atomic mass is 9.80. The molecule has 0 bridgehead atoms. The minimum atomic E-state index is -1.66. The quantitative estimate of drug-likeness (QED) is 0.505. The third-order valence-corrected chi connectivity index (χ3v) is 1.61. The Morgan fingerprint density at radius 3 is 2.79 bits per heavy atom. The molecule has 0 saturated carbocycles. The fraction of sp³-hybridized carbons (Fsp3) is 0.125. The largest absolute Gasteiger partial charge is 0.488 e. The maximum Gasteiger partial charge on any atom is 0.488 e. The summed E-state index contributed by atoms with van der Waals surface area (Å²) in [6.45, 7) is -1.20. The van der Waals surface area contributed by atoms with Crippen molar-refractivity contribution in [3.63, 3.8) is 0 Å². The monoisotopic (exact) mass is 198 g/mol. The van der Waals surface area contributed by atoms with E-state index < -0.39 is 19.9 Å². The first-order chi connectivity index (χ1) is 6.65. The van der Waals surface area contributed by atoms with Crippen molar-refractivity contribution in [1.29, 1.82) is 0 Å². The van der Waals surface area contributed by atoms with E-state index in [-0.39, 0.29) is 11.0 Å². The van der Waals surface area contributed by atoms with Crippen LogP contribution in [0.3, 0.4) is 0 Å². The molecule has 6 heteroatoms. The SMILES string of the molecule is O=C(OCF)c1cccc(B(O)O)c1. The van der Waals surface area contributed by atoms with E-state index >= 15 is 0 Å². The second kappa shape index (κ2) is 4.73. The Morgan fingerprint density at radius 2 is 2.21 bits per heavy atom. The predicted octanol–water partition coefficient (Wildman–Crippen LogP) is -0.550. The number of rotatable bonds is 3. The maximum absolute atomic E-state index is 11.6. The number of benzene rings is 1. The number of alkyl halides is 1. The Balaban J connectivity index is 2.88. The number of hydrogen-bond acceptors (Lipinski definition) is 4. The first-order valence-corrected chi connectivity index (χ1v) is 3.84. The van der Waals surface area contributed by atoms with Crippen LogP contribution in [0.15, 0.2) is 24.3 Å². The van der Waals surface area contributed by atoms with Crippen molar-refractivity contribution in [3.05, 3.63) is 29.8 Å². The molecule has 0 unspecified atom stereocenters. The van der Waals surface area contributed by atoms with Crippen molar-refractivity contribution in [2.24, 2.45) is 0 Å². The van der Waals surface area contributed by atoms with E-state index in [1.807, 2.05) is 0 Å². The lowest BCUT2D eigenvalue weighted by molar-refractivity contribution is 0.0324. The van der Waals surface area contributed by atoms with E-state index in [0.717, 1.165) is 0 Å². The highest BCUT2D eigenvalue weighted by Crippen LogP contribution is 2.00. The van der Waals surface area contributed by atoms with E-state index in [2.05, 4.69) is 4.74 Å². The normalized spacial score (nSPS) is 9.64. The van der Waals surface area contributed by atoms with Gasteiger partial charge in [-0.1, -0.05) is 12.1 Å². The Bertz CT molecular complexity index is 329. The molecule has 0 aliphatic rings. The van der Waals surface area contributed by atoms with Gasteiger partial charge in [-0.2, -0.15) is 0 Å². The molecule has 0 aliphatic heterocycles. The summed E-state index contributed by atoms with van der Waals surface area (Å²) in [5.41, 5.74) is 0.228. The zero-order valence-corrected chi connectivity index (χ0v) is 7.18. The molecule has 0 aliphatic carbocycles. The molecule has 1 aromatic rings. The predicted molar refractivity (Wildman–Crippen MR) is 47.7 cm³/mol. The lowest BCUT2D eigenvalue weighted by Crippen LogP contribution is -2.30. The number of esters is 1. The number of ether oxygens (including phenoxy) is 1. The number of hydrogen-bond donors (Lipinski definition) is 2. The van der Waals surface area contributed by atoms with E-state index in [4.69, 9.17) is 10.0 Å². The van der Waals surface area contributed by atoms with Crippen molar-refractivity contribution >= 4 is 18.6 Å². The van der Waals surface area contributed by atoms with Crippen LogP contribution in [-0.4, -0.2) is 30.0 Å². The van der Waals surface area contributed by atoms with Crippen molar-refractivity contribution < 1.29 is 24.0 Å². The van der Waals surface area contributed by atoms with Crippen molar-refractivity contribution in [2.75, 3.05) is 6.86 Å². The van der Waals surface area contributed by atoms with Crippen LogP contribution in [0.4, 0.5) is 4.39 Å². The van der Waals surface area contributed by atoms with E-state index in [1.165, 1.54) is 24.3 Å². The second-order valence-corrected chi connectivity index (χ2v) is 2.54. The Morgan fingerprint density at radius 1 is 1.50 bits per heavy atom. The van der Waals surface area contributed by atoms with Gasteiger partial charge in [-0.05, 0) is 17.6 Å². The number of halogens is 1. The van der Waals surface area contributed by atoms with Gasteiger partial charge in [0.05, 0.1) is 5.56 Å². The Kier molecular flexibility index (Phi) is 3.61. The van der Waals surface area contributed by atoms with Crippen molar-refractivity contribution in [2.45, 2.75) is 0 Å². The molecule has 0 amide bonds. The van der Waals surface area contributed by atoms with Gasteiger partial charge >= 0.3 is 13.1 Å². The van der Waals surface area contributed by atoms with Gasteiger partial charge in [0.25, 0.3) is 0 Å². The van der Waals surface area contributed by atoms with Crippen LogP contribution >= 0.6 is 0 Å². The van der Waals surface area contributed by atoms with Crippen LogP contribution in [0.5, 0.6) is 0 Å². The van der Waals surface area contributed by atoms with Crippen LogP contribution in [0.2, 0.25) is 0 Å².